The van der Waals surface area contributed by atoms with Gasteiger partial charge >= 0.3 is 0 Å². The number of fused-ring (bicyclic) bond motifs is 10. The maximum atomic E-state index is 7.71. The van der Waals surface area contributed by atoms with Crippen LogP contribution in [0.15, 0.2) is 356 Å². The van der Waals surface area contributed by atoms with E-state index in [1.165, 1.54) is 26.7 Å². The van der Waals surface area contributed by atoms with E-state index in [1.807, 2.05) is 23.9 Å². The lowest BCUT2D eigenvalue weighted by molar-refractivity contribution is 0.487. The standard InChI is InChI=1S/C85H60B2N6OS/c1-3-4-12-31-58(2)88(59-32-13-5-14-33-59)67-52-79-85-81(53-67)94-80-57-76-83(95-82-49-30-29-48-73(82)91(76)63-40-21-9-22-41-63)55-71(80)87(85)70-54-69-74(56-75(70)93(79)65-44-25-11-26-45-65)92(64-42-23-10-24-43-64)78-51-66(89(60-34-15-6-16-35-60)61-36-17-7-18-37-61)50-77-84(78)86(69)68-46-27-28-47-72(68)90(77)62-38-19-8-20-39-62/h3-57H,1H2,2H3/b12-4-,58-31+. The van der Waals surface area contributed by atoms with Gasteiger partial charge in [0.2, 0.25) is 0 Å². The van der Waals surface area contributed by atoms with Crippen LogP contribution in [0.25, 0.3) is 0 Å². The van der Waals surface area contributed by atoms with E-state index >= 15 is 0 Å². The van der Waals surface area contributed by atoms with Crippen LogP contribution < -0.4 is 66.9 Å². The number of benzene rings is 13. The third-order valence-electron chi connectivity index (χ3n) is 19.0. The molecule has 448 valence electrons. The minimum Gasteiger partial charge on any atom is -0.458 e. The van der Waals surface area contributed by atoms with E-state index in [4.69, 9.17) is 4.74 Å². The second kappa shape index (κ2) is 23.1. The van der Waals surface area contributed by atoms with Gasteiger partial charge in [0.15, 0.2) is 0 Å². The summed E-state index contributed by atoms with van der Waals surface area (Å²) in [5, 5.41) is 0. The predicted molar refractivity (Wildman–Crippen MR) is 401 cm³/mol. The fraction of sp³-hybridized carbons (Fsp3) is 0.0118. The van der Waals surface area contributed by atoms with E-state index in [9.17, 15) is 0 Å². The maximum Gasteiger partial charge on any atom is 0.256 e. The van der Waals surface area contributed by atoms with Gasteiger partial charge in [0.1, 0.15) is 11.5 Å². The van der Waals surface area contributed by atoms with Crippen LogP contribution in [0.2, 0.25) is 0 Å². The maximum absolute atomic E-state index is 7.71. The molecule has 0 saturated carbocycles. The number of nitrogens with zero attached hydrogens (tertiary/aromatic N) is 6. The van der Waals surface area contributed by atoms with Crippen LogP contribution >= 0.6 is 11.8 Å². The molecule has 0 saturated heterocycles. The normalized spacial score (nSPS) is 13.5. The van der Waals surface area contributed by atoms with Crippen LogP contribution in [0.4, 0.5) is 96.7 Å². The summed E-state index contributed by atoms with van der Waals surface area (Å²) in [7, 11) is 0. The van der Waals surface area contributed by atoms with Crippen LogP contribution in [0, 0.1) is 0 Å². The van der Waals surface area contributed by atoms with Gasteiger partial charge in [0, 0.05) is 102 Å². The van der Waals surface area contributed by atoms with Gasteiger partial charge < -0.3 is 34.1 Å². The molecule has 5 aliphatic heterocycles. The number of hydrogen-bond acceptors (Lipinski definition) is 8. The third kappa shape index (κ3) is 9.23. The Balaban J connectivity index is 0.951. The molecule has 13 aromatic carbocycles. The third-order valence-corrected chi connectivity index (χ3v) is 20.2. The highest BCUT2D eigenvalue weighted by Gasteiger charge is 2.49. The number of hydrogen-bond donors (Lipinski definition) is 0. The van der Waals surface area contributed by atoms with Crippen molar-refractivity contribution in [3.05, 3.63) is 346 Å². The number of para-hydroxylation sites is 9. The fourth-order valence-corrected chi connectivity index (χ4v) is 16.3. The smallest absolute Gasteiger partial charge is 0.256 e. The lowest BCUT2D eigenvalue weighted by atomic mass is 9.30. The van der Waals surface area contributed by atoms with Crippen molar-refractivity contribution in [3.8, 4) is 11.5 Å². The van der Waals surface area contributed by atoms with E-state index < -0.39 is 0 Å². The topological polar surface area (TPSA) is 28.7 Å². The predicted octanol–water partition coefficient (Wildman–Crippen LogP) is 19.4. The summed E-state index contributed by atoms with van der Waals surface area (Å²) in [5.74, 6) is 1.63. The van der Waals surface area contributed by atoms with Gasteiger partial charge in [-0.15, -0.1) is 0 Å². The number of anilines is 17. The molecule has 0 N–H and O–H groups in total. The first-order valence-electron chi connectivity index (χ1n) is 32.4. The zero-order valence-corrected chi connectivity index (χ0v) is 52.9. The Hall–Kier alpha value is -11.8. The SMILES string of the molecule is C=C/C=C\C=C(/C)N(c1ccccc1)c1cc2c3c(c1)N(c1ccccc1)c1cc4c(cc1B3c1cc3c(cc1O2)N(c1ccccc1)c1ccccc1S3)B1c2ccccc2N(c2ccccc2)c2cc(N(c3ccccc3)c3ccccc3)cc(c21)N4c1ccccc1. The monoisotopic (exact) mass is 1230 g/mol. The highest BCUT2D eigenvalue weighted by atomic mass is 32.2. The van der Waals surface area contributed by atoms with Crippen molar-refractivity contribution in [1.29, 1.82) is 0 Å². The van der Waals surface area contributed by atoms with E-state index in [1.54, 1.807) is 0 Å². The largest absolute Gasteiger partial charge is 0.458 e. The van der Waals surface area contributed by atoms with Crippen LogP contribution in [-0.4, -0.2) is 13.4 Å². The highest BCUT2D eigenvalue weighted by Crippen LogP contribution is 2.55. The Morgan fingerprint density at radius 2 is 0.800 bits per heavy atom. The van der Waals surface area contributed by atoms with Gasteiger partial charge in [-0.3, -0.25) is 0 Å². The first-order valence-corrected chi connectivity index (χ1v) is 33.2. The molecule has 0 radical (unpaired) electrons. The second-order valence-corrected chi connectivity index (χ2v) is 25.6. The van der Waals surface area contributed by atoms with Gasteiger partial charge in [0.05, 0.1) is 22.7 Å². The molecule has 0 aliphatic carbocycles. The summed E-state index contributed by atoms with van der Waals surface area (Å²) in [6, 6.07) is 113. The van der Waals surface area contributed by atoms with Crippen molar-refractivity contribution in [2.75, 3.05) is 29.4 Å². The zero-order chi connectivity index (χ0) is 63.1. The molecule has 18 rings (SSSR count). The molecule has 0 spiro atoms. The minimum atomic E-state index is -0.276. The first kappa shape index (κ1) is 56.0. The molecular formula is C85H60B2N6OS. The van der Waals surface area contributed by atoms with Crippen molar-refractivity contribution in [1.82, 2.24) is 0 Å². The summed E-state index contributed by atoms with van der Waals surface area (Å²) in [5.41, 5.74) is 26.4. The molecule has 5 heterocycles. The Morgan fingerprint density at radius 1 is 0.347 bits per heavy atom. The van der Waals surface area contributed by atoms with E-state index in [0.29, 0.717) is 0 Å². The average Bonchev–Trinajstić information content (AvgIpc) is 0.697. The Labute approximate surface area is 559 Å². The van der Waals surface area contributed by atoms with E-state index in [2.05, 4.69) is 364 Å². The first-order chi connectivity index (χ1) is 47.0. The van der Waals surface area contributed by atoms with Crippen LogP contribution in [0.3, 0.4) is 0 Å². The Kier molecular flexibility index (Phi) is 13.6. The van der Waals surface area contributed by atoms with Gasteiger partial charge in [-0.1, -0.05) is 200 Å². The number of allylic oxidation sites excluding steroid dienone is 5. The molecule has 95 heavy (non-hydrogen) atoms. The van der Waals surface area contributed by atoms with Crippen molar-refractivity contribution in [3.63, 3.8) is 0 Å². The van der Waals surface area contributed by atoms with Gasteiger partial charge in [-0.2, -0.15) is 0 Å². The molecule has 0 amide bonds. The summed E-state index contributed by atoms with van der Waals surface area (Å²) in [4.78, 5) is 17.1. The molecule has 0 aromatic heterocycles. The lowest BCUT2D eigenvalue weighted by Crippen LogP contribution is -2.64. The highest BCUT2D eigenvalue weighted by molar-refractivity contribution is 7.99. The quantitative estimate of drug-likeness (QED) is 0.0883. The molecule has 13 aromatic rings. The molecule has 0 unspecified atom stereocenters. The number of rotatable bonds is 12. The lowest BCUT2D eigenvalue weighted by Gasteiger charge is -2.47. The molecule has 0 atom stereocenters. The molecular weight excluding hydrogens is 1170 g/mol. The van der Waals surface area contributed by atoms with Crippen molar-refractivity contribution < 1.29 is 4.74 Å². The van der Waals surface area contributed by atoms with Gasteiger partial charge in [-0.05, 0) is 179 Å². The van der Waals surface area contributed by atoms with Gasteiger partial charge in [-0.25, -0.2) is 0 Å². The Bertz CT molecular complexity index is 5180. The zero-order valence-electron chi connectivity index (χ0n) is 52.1. The van der Waals surface area contributed by atoms with Crippen molar-refractivity contribution in [2.45, 2.75) is 16.7 Å². The van der Waals surface area contributed by atoms with Crippen LogP contribution in [0.5, 0.6) is 11.5 Å². The van der Waals surface area contributed by atoms with Crippen molar-refractivity contribution >= 4 is 155 Å². The summed E-state index contributed by atoms with van der Waals surface area (Å²) < 4.78 is 7.71. The molecule has 0 fully saturated rings. The Morgan fingerprint density at radius 3 is 1.36 bits per heavy atom. The molecule has 5 aliphatic rings. The van der Waals surface area contributed by atoms with Crippen molar-refractivity contribution in [2.24, 2.45) is 0 Å². The second-order valence-electron chi connectivity index (χ2n) is 24.5. The van der Waals surface area contributed by atoms with Gasteiger partial charge in [0.25, 0.3) is 13.4 Å². The van der Waals surface area contributed by atoms with E-state index in [0.717, 1.165) is 130 Å². The summed E-state index contributed by atoms with van der Waals surface area (Å²) in [6.07, 6.45) is 8.01. The van der Waals surface area contributed by atoms with Crippen LogP contribution in [0.1, 0.15) is 6.92 Å². The fourth-order valence-electron chi connectivity index (χ4n) is 15.2. The summed E-state index contributed by atoms with van der Waals surface area (Å²) >= 11 is 1.83. The summed E-state index contributed by atoms with van der Waals surface area (Å²) in [6.45, 7) is 5.71. The van der Waals surface area contributed by atoms with Crippen LogP contribution in [-0.2, 0) is 0 Å². The molecule has 0 bridgehead atoms. The average molecular weight is 1240 g/mol. The number of ether oxygens (including phenoxy) is 1. The molecule has 10 heteroatoms. The minimum absolute atomic E-state index is 0.195. The molecule has 7 nitrogen and oxygen atoms in total. The van der Waals surface area contributed by atoms with E-state index in [-0.39, 0.29) is 13.4 Å².